The second-order valence-corrected chi connectivity index (χ2v) is 3.77. The zero-order valence-corrected chi connectivity index (χ0v) is 9.92. The highest BCUT2D eigenvalue weighted by molar-refractivity contribution is 6.05. The first-order chi connectivity index (χ1) is 9.50. The van der Waals surface area contributed by atoms with Gasteiger partial charge < -0.3 is 10.3 Å². The number of para-hydroxylation sites is 1. The molecule has 2 aromatic rings. The molecule has 0 aliphatic rings. The number of hydrogen-bond acceptors (Lipinski definition) is 4. The fraction of sp³-hybridized carbons (Fsp3) is 0. The molecule has 0 saturated carbocycles. The number of nitrogens with zero attached hydrogens (tertiary/aromatic N) is 1. The van der Waals surface area contributed by atoms with Crippen LogP contribution in [-0.2, 0) is 0 Å². The average molecular weight is 277 g/mol. The van der Waals surface area contributed by atoms with Crippen LogP contribution in [0.1, 0.15) is 10.4 Å². The topological polar surface area (TPSA) is 105 Å². The van der Waals surface area contributed by atoms with E-state index in [-0.39, 0.29) is 5.56 Å². The van der Waals surface area contributed by atoms with Crippen LogP contribution in [0.4, 0.5) is 15.8 Å². The first-order valence-electron chi connectivity index (χ1n) is 5.42. The number of amides is 1. The zero-order chi connectivity index (χ0) is 14.7. The number of nitrogens with one attached hydrogen (secondary N) is 2. The fourth-order valence-electron chi connectivity index (χ4n) is 1.56. The number of carbonyl (C=O) groups excluding carboxylic acids is 1. The van der Waals surface area contributed by atoms with Gasteiger partial charge in [0.05, 0.1) is 4.92 Å². The summed E-state index contributed by atoms with van der Waals surface area (Å²) in [6.45, 7) is 0. The summed E-state index contributed by atoms with van der Waals surface area (Å²) in [6, 6.07) is 4.29. The summed E-state index contributed by atoms with van der Waals surface area (Å²) in [4.78, 5) is 35.8. The van der Waals surface area contributed by atoms with E-state index in [2.05, 4.69) is 4.98 Å². The van der Waals surface area contributed by atoms with Gasteiger partial charge in [-0.05, 0) is 6.07 Å². The predicted molar refractivity (Wildman–Crippen MR) is 68.1 cm³/mol. The highest BCUT2D eigenvalue weighted by Crippen LogP contribution is 2.27. The van der Waals surface area contributed by atoms with Gasteiger partial charge in [-0.3, -0.25) is 19.7 Å². The Bertz CT molecular complexity index is 741. The lowest BCUT2D eigenvalue weighted by Crippen LogP contribution is -2.21. The molecule has 2 N–H and O–H groups in total. The number of aromatic amines is 1. The summed E-state index contributed by atoms with van der Waals surface area (Å²) >= 11 is 0. The zero-order valence-electron chi connectivity index (χ0n) is 9.92. The van der Waals surface area contributed by atoms with E-state index < -0.39 is 33.5 Å². The minimum absolute atomic E-state index is 0.273. The first-order valence-corrected chi connectivity index (χ1v) is 5.42. The molecule has 0 atom stereocenters. The lowest BCUT2D eigenvalue weighted by Gasteiger charge is -2.06. The molecule has 0 bridgehead atoms. The van der Waals surface area contributed by atoms with Gasteiger partial charge in [-0.15, -0.1) is 0 Å². The summed E-state index contributed by atoms with van der Waals surface area (Å²) in [5.41, 5.74) is -2.03. The van der Waals surface area contributed by atoms with E-state index in [1.807, 2.05) is 5.32 Å². The molecule has 7 nitrogen and oxygen atoms in total. The van der Waals surface area contributed by atoms with E-state index in [1.165, 1.54) is 6.20 Å². The fourth-order valence-corrected chi connectivity index (χ4v) is 1.56. The van der Waals surface area contributed by atoms with Crippen molar-refractivity contribution in [3.05, 3.63) is 68.4 Å². The molecule has 1 aromatic heterocycles. The van der Waals surface area contributed by atoms with Crippen molar-refractivity contribution in [2.24, 2.45) is 0 Å². The normalized spacial score (nSPS) is 10.1. The van der Waals surface area contributed by atoms with Crippen LogP contribution < -0.4 is 10.7 Å². The summed E-state index contributed by atoms with van der Waals surface area (Å²) in [7, 11) is 0. The molecule has 1 amide bonds. The minimum Gasteiger partial charge on any atom is -0.367 e. The Hall–Kier alpha value is -3.03. The van der Waals surface area contributed by atoms with E-state index in [1.54, 1.807) is 0 Å². The Morgan fingerprint density at radius 3 is 2.75 bits per heavy atom. The molecule has 20 heavy (non-hydrogen) atoms. The predicted octanol–water partition coefficient (Wildman–Crippen LogP) is 1.67. The second kappa shape index (κ2) is 5.31. The van der Waals surface area contributed by atoms with Crippen LogP contribution in [0.15, 0.2) is 41.5 Å². The van der Waals surface area contributed by atoms with Gasteiger partial charge in [-0.1, -0.05) is 6.07 Å². The quantitative estimate of drug-likeness (QED) is 0.657. The number of anilines is 1. The molecule has 1 aromatic carbocycles. The van der Waals surface area contributed by atoms with E-state index in [0.29, 0.717) is 0 Å². The molecule has 0 aliphatic carbocycles. The summed E-state index contributed by atoms with van der Waals surface area (Å²) in [5, 5.41) is 12.8. The number of nitro groups is 1. The number of halogens is 1. The number of H-pyrrole nitrogens is 1. The third-order valence-corrected chi connectivity index (χ3v) is 2.50. The van der Waals surface area contributed by atoms with E-state index in [4.69, 9.17) is 0 Å². The standard InChI is InChI=1S/C12H8FN3O4/c13-8-2-1-3-9(16(19)20)11(8)15-12(18)7-6-14-5-4-10(7)17/h1-6H,(H,14,17)(H,15,18). The van der Waals surface area contributed by atoms with Crippen molar-refractivity contribution in [2.75, 3.05) is 5.32 Å². The van der Waals surface area contributed by atoms with Crippen LogP contribution >= 0.6 is 0 Å². The Balaban J connectivity index is 2.41. The lowest BCUT2D eigenvalue weighted by atomic mass is 10.2. The molecule has 0 fully saturated rings. The molecule has 8 heteroatoms. The number of nitro benzene ring substituents is 1. The number of benzene rings is 1. The van der Waals surface area contributed by atoms with Crippen LogP contribution in [0.3, 0.4) is 0 Å². The van der Waals surface area contributed by atoms with Gasteiger partial charge in [0.1, 0.15) is 5.56 Å². The molecule has 102 valence electrons. The van der Waals surface area contributed by atoms with Crippen LogP contribution in [0.5, 0.6) is 0 Å². The van der Waals surface area contributed by atoms with Crippen LogP contribution in [0.25, 0.3) is 0 Å². The molecule has 0 spiro atoms. The molecule has 0 radical (unpaired) electrons. The second-order valence-electron chi connectivity index (χ2n) is 3.77. The smallest absolute Gasteiger partial charge is 0.295 e. The maximum atomic E-state index is 13.6. The molecule has 2 rings (SSSR count). The van der Waals surface area contributed by atoms with Crippen LogP contribution in [0.2, 0.25) is 0 Å². The van der Waals surface area contributed by atoms with Gasteiger partial charge in [-0.2, -0.15) is 0 Å². The SMILES string of the molecule is O=C(Nc1c(F)cccc1[N+](=O)[O-])c1c[nH]ccc1=O. The van der Waals surface area contributed by atoms with Gasteiger partial charge >= 0.3 is 0 Å². The van der Waals surface area contributed by atoms with Crippen LogP contribution in [-0.4, -0.2) is 15.8 Å². The van der Waals surface area contributed by atoms with Crippen molar-refractivity contribution in [3.8, 4) is 0 Å². The van der Waals surface area contributed by atoms with Gasteiger partial charge in [0, 0.05) is 24.5 Å². The molecule has 0 unspecified atom stereocenters. The third-order valence-electron chi connectivity index (χ3n) is 2.50. The average Bonchev–Trinajstić information content (AvgIpc) is 2.41. The third kappa shape index (κ3) is 2.53. The monoisotopic (exact) mass is 277 g/mol. The van der Waals surface area contributed by atoms with Crippen molar-refractivity contribution in [1.82, 2.24) is 4.98 Å². The largest absolute Gasteiger partial charge is 0.367 e. The number of pyridine rings is 1. The Morgan fingerprint density at radius 1 is 1.35 bits per heavy atom. The van der Waals surface area contributed by atoms with Gasteiger partial charge in [-0.25, -0.2) is 4.39 Å². The van der Waals surface area contributed by atoms with Crippen molar-refractivity contribution < 1.29 is 14.1 Å². The van der Waals surface area contributed by atoms with Crippen LogP contribution in [0, 0.1) is 15.9 Å². The molecule has 0 aliphatic heterocycles. The number of carbonyl (C=O) groups is 1. The van der Waals surface area contributed by atoms with Crippen molar-refractivity contribution in [1.29, 1.82) is 0 Å². The highest BCUT2D eigenvalue weighted by Gasteiger charge is 2.21. The van der Waals surface area contributed by atoms with E-state index >= 15 is 0 Å². The molecule has 0 saturated heterocycles. The highest BCUT2D eigenvalue weighted by atomic mass is 19.1. The Morgan fingerprint density at radius 2 is 2.10 bits per heavy atom. The lowest BCUT2D eigenvalue weighted by molar-refractivity contribution is -0.384. The Labute approximate surface area is 111 Å². The van der Waals surface area contributed by atoms with E-state index in [9.17, 15) is 24.1 Å². The summed E-state index contributed by atoms with van der Waals surface area (Å²) < 4.78 is 13.6. The van der Waals surface area contributed by atoms with Gasteiger partial charge in [0.25, 0.3) is 11.6 Å². The minimum atomic E-state index is -0.958. The number of rotatable bonds is 3. The molecular weight excluding hydrogens is 269 g/mol. The maximum Gasteiger partial charge on any atom is 0.295 e. The van der Waals surface area contributed by atoms with Gasteiger partial charge in [0.2, 0.25) is 0 Å². The van der Waals surface area contributed by atoms with E-state index in [0.717, 1.165) is 30.5 Å². The summed E-state index contributed by atoms with van der Waals surface area (Å²) in [6.07, 6.45) is 2.45. The van der Waals surface area contributed by atoms with Crippen molar-refractivity contribution >= 4 is 17.3 Å². The first kappa shape index (κ1) is 13.4. The van der Waals surface area contributed by atoms with Gasteiger partial charge in [0.15, 0.2) is 16.9 Å². The Kier molecular flexibility index (Phi) is 3.56. The van der Waals surface area contributed by atoms with Crippen molar-refractivity contribution in [3.63, 3.8) is 0 Å². The maximum absolute atomic E-state index is 13.6. The van der Waals surface area contributed by atoms with Crippen molar-refractivity contribution in [2.45, 2.75) is 0 Å². The summed E-state index contributed by atoms with van der Waals surface area (Å²) in [5.74, 6) is -1.89. The number of hydrogen-bond donors (Lipinski definition) is 2. The molecular formula is C12H8FN3O4. The number of aromatic nitrogens is 1. The molecule has 1 heterocycles.